The summed E-state index contributed by atoms with van der Waals surface area (Å²) in [4.78, 5) is 23.8. The number of anilines is 2. The molecule has 1 aromatic heterocycles. The summed E-state index contributed by atoms with van der Waals surface area (Å²) in [5.74, 6) is -0.473. The molecule has 0 aliphatic heterocycles. The van der Waals surface area contributed by atoms with Gasteiger partial charge in [0.15, 0.2) is 0 Å². The molecule has 2 N–H and O–H groups in total. The van der Waals surface area contributed by atoms with Gasteiger partial charge in [0, 0.05) is 11.4 Å². The number of hydrogen-bond donors (Lipinski definition) is 2. The number of hydrogen-bond acceptors (Lipinski definition) is 4. The maximum absolute atomic E-state index is 13.0. The van der Waals surface area contributed by atoms with E-state index in [-0.39, 0.29) is 11.3 Å². The highest BCUT2D eigenvalue weighted by Crippen LogP contribution is 2.30. The van der Waals surface area contributed by atoms with E-state index < -0.39 is 23.7 Å². The van der Waals surface area contributed by atoms with Crippen molar-refractivity contribution in [3.8, 4) is 5.69 Å². The molecule has 0 atom stereocenters. The Kier molecular flexibility index (Phi) is 5.77. The molecule has 30 heavy (non-hydrogen) atoms. The molecule has 2 amide bonds. The molecule has 10 heteroatoms. The second kappa shape index (κ2) is 8.27. The smallest absolute Gasteiger partial charge is 0.416 e. The number of ether oxygens (including phenoxy) is 1. The molecular weight excluding hydrogens is 401 g/mol. The molecule has 1 heterocycles. The van der Waals surface area contributed by atoms with Crippen LogP contribution in [-0.2, 0) is 10.9 Å². The van der Waals surface area contributed by atoms with Crippen LogP contribution in [0.5, 0.6) is 0 Å². The Morgan fingerprint density at radius 3 is 2.27 bits per heavy atom. The third-order valence-electron chi connectivity index (χ3n) is 4.25. The summed E-state index contributed by atoms with van der Waals surface area (Å²) in [6, 6.07) is 11.0. The van der Waals surface area contributed by atoms with Gasteiger partial charge < -0.3 is 10.1 Å². The monoisotopic (exact) mass is 418 g/mol. The number of nitrogens with one attached hydrogen (secondary N) is 2. The van der Waals surface area contributed by atoms with Gasteiger partial charge in [-0.15, -0.1) is 0 Å². The van der Waals surface area contributed by atoms with Crippen LogP contribution in [0.4, 0.5) is 29.3 Å². The molecule has 0 saturated carbocycles. The van der Waals surface area contributed by atoms with Crippen LogP contribution in [0.15, 0.2) is 54.7 Å². The van der Waals surface area contributed by atoms with E-state index in [2.05, 4.69) is 20.5 Å². The number of benzene rings is 2. The Labute approximate surface area is 169 Å². The molecule has 0 bridgehead atoms. The number of carbonyl (C=O) groups excluding carboxylic acids is 2. The van der Waals surface area contributed by atoms with Crippen molar-refractivity contribution in [3.05, 3.63) is 71.5 Å². The standard InChI is InChI=1S/C20H17F3N4O3/c1-12-17(11-24-27(12)16-5-3-4-13(10-16)20(21,22)23)18(28)25-14-6-8-15(9-7-14)26-19(29)30-2/h3-11H,1-2H3,(H,25,28)(H,26,29). The fourth-order valence-corrected chi connectivity index (χ4v) is 2.71. The number of amides is 2. The number of alkyl halides is 3. The van der Waals surface area contributed by atoms with Crippen molar-refractivity contribution < 1.29 is 27.5 Å². The minimum atomic E-state index is -4.48. The average molecular weight is 418 g/mol. The second-order valence-corrected chi connectivity index (χ2v) is 6.25. The van der Waals surface area contributed by atoms with Gasteiger partial charge in [-0.1, -0.05) is 6.07 Å². The normalized spacial score (nSPS) is 11.1. The maximum atomic E-state index is 13.0. The Hall–Kier alpha value is -3.82. The van der Waals surface area contributed by atoms with Crippen LogP contribution in [0.2, 0.25) is 0 Å². The van der Waals surface area contributed by atoms with Gasteiger partial charge in [0.25, 0.3) is 5.91 Å². The van der Waals surface area contributed by atoms with E-state index in [1.807, 2.05) is 0 Å². The molecule has 3 rings (SSSR count). The Balaban J connectivity index is 1.77. The zero-order valence-corrected chi connectivity index (χ0v) is 15.9. The highest BCUT2D eigenvalue weighted by atomic mass is 19.4. The number of halogens is 3. The lowest BCUT2D eigenvalue weighted by atomic mass is 10.2. The summed E-state index contributed by atoms with van der Waals surface area (Å²) in [6.45, 7) is 1.59. The zero-order chi connectivity index (χ0) is 21.9. The highest BCUT2D eigenvalue weighted by Gasteiger charge is 2.30. The predicted molar refractivity (Wildman–Crippen MR) is 104 cm³/mol. The summed E-state index contributed by atoms with van der Waals surface area (Å²) in [5.41, 5.74) is 0.927. The van der Waals surface area contributed by atoms with E-state index in [9.17, 15) is 22.8 Å². The Morgan fingerprint density at radius 1 is 1.03 bits per heavy atom. The second-order valence-electron chi connectivity index (χ2n) is 6.25. The Bertz CT molecular complexity index is 1080. The van der Waals surface area contributed by atoms with Crippen LogP contribution in [0, 0.1) is 6.92 Å². The van der Waals surface area contributed by atoms with E-state index in [1.165, 1.54) is 30.1 Å². The first-order chi connectivity index (χ1) is 14.2. The SMILES string of the molecule is COC(=O)Nc1ccc(NC(=O)c2cnn(-c3cccc(C(F)(F)F)c3)c2C)cc1. The number of carbonyl (C=O) groups is 2. The zero-order valence-electron chi connectivity index (χ0n) is 15.9. The topological polar surface area (TPSA) is 85.2 Å². The minimum absolute atomic E-state index is 0.194. The molecule has 0 aliphatic rings. The molecule has 0 spiro atoms. The van der Waals surface area contributed by atoms with Gasteiger partial charge >= 0.3 is 12.3 Å². The van der Waals surface area contributed by atoms with E-state index in [0.717, 1.165) is 12.1 Å². The number of methoxy groups -OCH3 is 1. The molecule has 0 fully saturated rings. The summed E-state index contributed by atoms with van der Waals surface area (Å²) in [6.07, 6.45) is -3.81. The third-order valence-corrected chi connectivity index (χ3v) is 4.25. The van der Waals surface area contributed by atoms with Crippen molar-refractivity contribution in [2.24, 2.45) is 0 Å². The number of nitrogens with zero attached hydrogens (tertiary/aromatic N) is 2. The predicted octanol–water partition coefficient (Wildman–Crippen LogP) is 4.63. The molecule has 7 nitrogen and oxygen atoms in total. The van der Waals surface area contributed by atoms with Gasteiger partial charge in [0.1, 0.15) is 0 Å². The molecule has 156 valence electrons. The minimum Gasteiger partial charge on any atom is -0.453 e. The maximum Gasteiger partial charge on any atom is 0.416 e. The lowest BCUT2D eigenvalue weighted by Crippen LogP contribution is -2.14. The average Bonchev–Trinajstić information content (AvgIpc) is 3.10. The number of rotatable bonds is 4. The van der Waals surface area contributed by atoms with Crippen molar-refractivity contribution in [1.82, 2.24) is 9.78 Å². The molecular formula is C20H17F3N4O3. The van der Waals surface area contributed by atoms with Crippen molar-refractivity contribution in [2.45, 2.75) is 13.1 Å². The Morgan fingerprint density at radius 2 is 1.67 bits per heavy atom. The van der Waals surface area contributed by atoms with Crippen molar-refractivity contribution in [3.63, 3.8) is 0 Å². The van der Waals surface area contributed by atoms with Crippen LogP contribution < -0.4 is 10.6 Å². The molecule has 0 saturated heterocycles. The van der Waals surface area contributed by atoms with Crippen molar-refractivity contribution >= 4 is 23.4 Å². The van der Waals surface area contributed by atoms with Crippen LogP contribution in [0.3, 0.4) is 0 Å². The van der Waals surface area contributed by atoms with E-state index in [1.54, 1.807) is 31.2 Å². The molecule has 0 unspecified atom stereocenters. The van der Waals surface area contributed by atoms with E-state index >= 15 is 0 Å². The fraction of sp³-hybridized carbons (Fsp3) is 0.150. The lowest BCUT2D eigenvalue weighted by molar-refractivity contribution is -0.137. The van der Waals surface area contributed by atoms with Gasteiger partial charge in [0.2, 0.25) is 0 Å². The highest BCUT2D eigenvalue weighted by molar-refractivity contribution is 6.05. The number of aromatic nitrogens is 2. The molecule has 0 radical (unpaired) electrons. The van der Waals surface area contributed by atoms with Crippen molar-refractivity contribution in [2.75, 3.05) is 17.7 Å². The van der Waals surface area contributed by atoms with Crippen LogP contribution >= 0.6 is 0 Å². The van der Waals surface area contributed by atoms with Gasteiger partial charge in [-0.25, -0.2) is 9.48 Å². The van der Waals surface area contributed by atoms with E-state index in [0.29, 0.717) is 17.1 Å². The molecule has 2 aromatic carbocycles. The third kappa shape index (κ3) is 4.59. The van der Waals surface area contributed by atoms with Crippen LogP contribution in [0.25, 0.3) is 5.69 Å². The first-order valence-electron chi connectivity index (χ1n) is 8.67. The van der Waals surface area contributed by atoms with Gasteiger partial charge in [-0.3, -0.25) is 10.1 Å². The lowest BCUT2D eigenvalue weighted by Gasteiger charge is -2.10. The summed E-state index contributed by atoms with van der Waals surface area (Å²) in [7, 11) is 1.24. The molecule has 0 aliphatic carbocycles. The van der Waals surface area contributed by atoms with Crippen LogP contribution in [-0.4, -0.2) is 28.9 Å². The van der Waals surface area contributed by atoms with Gasteiger partial charge in [-0.05, 0) is 49.4 Å². The van der Waals surface area contributed by atoms with Crippen molar-refractivity contribution in [1.29, 1.82) is 0 Å². The molecule has 3 aromatic rings. The summed E-state index contributed by atoms with van der Waals surface area (Å²) < 4.78 is 44.6. The van der Waals surface area contributed by atoms with Gasteiger partial charge in [-0.2, -0.15) is 18.3 Å². The van der Waals surface area contributed by atoms with Gasteiger partial charge in [0.05, 0.1) is 35.8 Å². The van der Waals surface area contributed by atoms with E-state index in [4.69, 9.17) is 0 Å². The summed E-state index contributed by atoms with van der Waals surface area (Å²) in [5, 5.41) is 9.22. The van der Waals surface area contributed by atoms with Crippen LogP contribution in [0.1, 0.15) is 21.6 Å². The summed E-state index contributed by atoms with van der Waals surface area (Å²) >= 11 is 0. The first kappa shape index (κ1) is 20.9. The largest absolute Gasteiger partial charge is 0.453 e. The quantitative estimate of drug-likeness (QED) is 0.647. The fourth-order valence-electron chi connectivity index (χ4n) is 2.71. The first-order valence-corrected chi connectivity index (χ1v) is 8.67.